The van der Waals surface area contributed by atoms with Gasteiger partial charge in [-0.1, -0.05) is 23.2 Å². The number of methoxy groups -OCH3 is 1. The van der Waals surface area contributed by atoms with Crippen LogP contribution in [0.1, 0.15) is 25.7 Å². The Morgan fingerprint density at radius 2 is 1.92 bits per heavy atom. The van der Waals surface area contributed by atoms with Gasteiger partial charge >= 0.3 is 0 Å². The van der Waals surface area contributed by atoms with Crippen LogP contribution in [0, 0.1) is 5.92 Å². The molecule has 2 aromatic heterocycles. The van der Waals surface area contributed by atoms with Gasteiger partial charge in [0.2, 0.25) is 11.9 Å². The van der Waals surface area contributed by atoms with Crippen molar-refractivity contribution in [3.8, 4) is 23.0 Å². The first-order valence-corrected chi connectivity index (χ1v) is 13.2. The number of benzene rings is 2. The third-order valence-corrected chi connectivity index (χ3v) is 7.64. The van der Waals surface area contributed by atoms with Crippen LogP contribution in [0.25, 0.3) is 28.2 Å². The molecule has 37 heavy (non-hydrogen) atoms. The number of anilines is 1. The van der Waals surface area contributed by atoms with Gasteiger partial charge < -0.3 is 15.0 Å². The lowest BCUT2D eigenvalue weighted by molar-refractivity contribution is -0.133. The molecule has 1 aliphatic carbocycles. The minimum Gasteiger partial charge on any atom is -0.497 e. The Labute approximate surface area is 224 Å². The van der Waals surface area contributed by atoms with E-state index >= 15 is 0 Å². The number of hydrogen-bond acceptors (Lipinski definition) is 6. The van der Waals surface area contributed by atoms with Crippen LogP contribution in [0.15, 0.2) is 48.7 Å². The lowest BCUT2D eigenvalue weighted by atomic mass is 10.1. The number of halogens is 2. The molecular weight excluding hydrogens is 511 g/mol. The topological polar surface area (TPSA) is 85.2 Å². The molecule has 0 unspecified atom stereocenters. The largest absolute Gasteiger partial charge is 0.497 e. The van der Waals surface area contributed by atoms with Crippen molar-refractivity contribution in [2.75, 3.05) is 25.5 Å². The highest BCUT2D eigenvalue weighted by atomic mass is 35.5. The van der Waals surface area contributed by atoms with Crippen LogP contribution in [0.3, 0.4) is 0 Å². The third kappa shape index (κ3) is 4.83. The number of amides is 1. The van der Waals surface area contributed by atoms with Crippen LogP contribution in [-0.2, 0) is 4.79 Å². The van der Waals surface area contributed by atoms with Gasteiger partial charge in [-0.25, -0.2) is 9.97 Å². The maximum atomic E-state index is 12.6. The van der Waals surface area contributed by atoms with E-state index in [1.807, 2.05) is 39.8 Å². The van der Waals surface area contributed by atoms with Gasteiger partial charge in [0, 0.05) is 42.9 Å². The standard InChI is InChI=1S/C27H26Cl2N6O2/c1-37-19-7-9-23-22(14-19)32-25(17-6-8-20(28)21(29)13-17)35(23)24-10-11-30-27(33-24)31-18-3-2-12-34(15-18)26(36)16-4-5-16/h6-11,13-14,16,18H,2-5,12,15H2,1H3,(H,30,31,33)/t18-/m0/s1. The molecule has 3 heterocycles. The van der Waals surface area contributed by atoms with Crippen molar-refractivity contribution in [2.24, 2.45) is 5.92 Å². The highest BCUT2D eigenvalue weighted by molar-refractivity contribution is 6.42. The van der Waals surface area contributed by atoms with Gasteiger partial charge in [0.05, 0.1) is 28.2 Å². The summed E-state index contributed by atoms with van der Waals surface area (Å²) in [7, 11) is 1.63. The first-order valence-electron chi connectivity index (χ1n) is 12.4. The number of likely N-dealkylation sites (tertiary alicyclic amines) is 1. The molecule has 0 radical (unpaired) electrons. The van der Waals surface area contributed by atoms with Crippen molar-refractivity contribution in [3.05, 3.63) is 58.7 Å². The zero-order valence-electron chi connectivity index (χ0n) is 20.3. The third-order valence-electron chi connectivity index (χ3n) is 6.90. The predicted octanol–water partition coefficient (Wildman–Crippen LogP) is 5.61. The van der Waals surface area contributed by atoms with E-state index in [-0.39, 0.29) is 17.9 Å². The van der Waals surface area contributed by atoms with Crippen molar-refractivity contribution in [1.29, 1.82) is 0 Å². The molecule has 2 aliphatic rings. The summed E-state index contributed by atoms with van der Waals surface area (Å²) in [5.74, 6) is 3.07. The van der Waals surface area contributed by atoms with Crippen molar-refractivity contribution in [3.63, 3.8) is 0 Å². The molecule has 1 amide bonds. The summed E-state index contributed by atoms with van der Waals surface area (Å²) in [4.78, 5) is 28.8. The molecule has 6 rings (SSSR count). The second-order valence-corrected chi connectivity index (χ2v) is 10.3. The predicted molar refractivity (Wildman–Crippen MR) is 145 cm³/mol. The first-order chi connectivity index (χ1) is 18.0. The van der Waals surface area contributed by atoms with Gasteiger partial charge in [0.15, 0.2) is 0 Å². The van der Waals surface area contributed by atoms with Gasteiger partial charge in [-0.2, -0.15) is 4.98 Å². The average molecular weight is 537 g/mol. The van der Waals surface area contributed by atoms with E-state index in [0.29, 0.717) is 39.9 Å². The van der Waals surface area contributed by atoms with E-state index in [0.717, 1.165) is 48.8 Å². The summed E-state index contributed by atoms with van der Waals surface area (Å²) < 4.78 is 7.39. The lowest BCUT2D eigenvalue weighted by Gasteiger charge is -2.33. The number of piperidine rings is 1. The quantitative estimate of drug-likeness (QED) is 0.344. The number of carbonyl (C=O) groups is 1. The van der Waals surface area contributed by atoms with Gasteiger partial charge in [-0.15, -0.1) is 0 Å². The van der Waals surface area contributed by atoms with Crippen LogP contribution < -0.4 is 10.1 Å². The van der Waals surface area contributed by atoms with E-state index in [1.165, 1.54) is 0 Å². The Kier molecular flexibility index (Phi) is 6.38. The van der Waals surface area contributed by atoms with Crippen molar-refractivity contribution in [1.82, 2.24) is 24.4 Å². The summed E-state index contributed by atoms with van der Waals surface area (Å²) in [6, 6.07) is 13.1. The molecule has 2 aromatic carbocycles. The Morgan fingerprint density at radius 1 is 1.05 bits per heavy atom. The lowest BCUT2D eigenvalue weighted by Crippen LogP contribution is -2.45. The van der Waals surface area contributed by atoms with Crippen molar-refractivity contribution in [2.45, 2.75) is 31.7 Å². The highest BCUT2D eigenvalue weighted by Crippen LogP contribution is 2.34. The summed E-state index contributed by atoms with van der Waals surface area (Å²) >= 11 is 12.5. The molecule has 1 aliphatic heterocycles. The molecule has 1 N–H and O–H groups in total. The molecule has 0 bridgehead atoms. The van der Waals surface area contributed by atoms with E-state index in [9.17, 15) is 4.79 Å². The monoisotopic (exact) mass is 536 g/mol. The Balaban J connectivity index is 1.36. The van der Waals surface area contributed by atoms with Crippen LogP contribution in [-0.4, -0.2) is 56.6 Å². The molecule has 2 fully saturated rings. The molecule has 1 saturated carbocycles. The summed E-state index contributed by atoms with van der Waals surface area (Å²) in [5.41, 5.74) is 2.43. The molecule has 0 spiro atoms. The minimum absolute atomic E-state index is 0.102. The molecule has 10 heteroatoms. The molecule has 4 aromatic rings. The van der Waals surface area contributed by atoms with E-state index < -0.39 is 0 Å². The van der Waals surface area contributed by atoms with E-state index in [4.69, 9.17) is 37.9 Å². The smallest absolute Gasteiger partial charge is 0.225 e. The van der Waals surface area contributed by atoms with Gasteiger partial charge in [0.25, 0.3) is 0 Å². The first kappa shape index (κ1) is 24.0. The molecule has 190 valence electrons. The normalized spacial score (nSPS) is 17.7. The summed E-state index contributed by atoms with van der Waals surface area (Å²) in [5, 5.41) is 4.39. The SMILES string of the molecule is COc1ccc2c(c1)nc(-c1ccc(Cl)c(Cl)c1)n2-c1ccnc(N[C@H]2CCCN(C(=O)C3CC3)C2)n1. The maximum Gasteiger partial charge on any atom is 0.225 e. The summed E-state index contributed by atoms with van der Waals surface area (Å²) in [6.45, 7) is 1.50. The minimum atomic E-state index is 0.102. The second-order valence-electron chi connectivity index (χ2n) is 9.53. The van der Waals surface area contributed by atoms with Crippen LogP contribution in [0.2, 0.25) is 10.0 Å². The van der Waals surface area contributed by atoms with E-state index in [2.05, 4.69) is 10.3 Å². The van der Waals surface area contributed by atoms with Crippen molar-refractivity contribution < 1.29 is 9.53 Å². The maximum absolute atomic E-state index is 12.6. The molecule has 1 saturated heterocycles. The number of hydrogen-bond donors (Lipinski definition) is 1. The fraction of sp³-hybridized carbons (Fsp3) is 0.333. The number of nitrogens with zero attached hydrogens (tertiary/aromatic N) is 5. The average Bonchev–Trinajstić information content (AvgIpc) is 3.70. The number of rotatable bonds is 6. The number of aromatic nitrogens is 4. The fourth-order valence-corrected chi connectivity index (χ4v) is 5.16. The number of carbonyl (C=O) groups excluding carboxylic acids is 1. The Hall–Kier alpha value is -3.36. The van der Waals surface area contributed by atoms with Crippen molar-refractivity contribution >= 4 is 46.1 Å². The molecule has 1 atom stereocenters. The second kappa shape index (κ2) is 9.84. The molecule has 8 nitrogen and oxygen atoms in total. The van der Waals surface area contributed by atoms with Gasteiger partial charge in [0.1, 0.15) is 17.4 Å². The zero-order chi connectivity index (χ0) is 25.5. The van der Waals surface area contributed by atoms with Crippen LogP contribution >= 0.6 is 23.2 Å². The number of nitrogens with one attached hydrogen (secondary N) is 1. The van der Waals surface area contributed by atoms with Gasteiger partial charge in [-0.05, 0) is 62.1 Å². The number of ether oxygens (including phenoxy) is 1. The fourth-order valence-electron chi connectivity index (χ4n) is 4.86. The zero-order valence-corrected chi connectivity index (χ0v) is 21.8. The number of fused-ring (bicyclic) bond motifs is 1. The van der Waals surface area contributed by atoms with E-state index in [1.54, 1.807) is 25.4 Å². The summed E-state index contributed by atoms with van der Waals surface area (Å²) in [6.07, 6.45) is 5.69. The highest BCUT2D eigenvalue weighted by Gasteiger charge is 2.35. The Morgan fingerprint density at radius 3 is 2.70 bits per heavy atom. The molecular formula is C27H26Cl2N6O2. The number of imidazole rings is 1. The van der Waals surface area contributed by atoms with Gasteiger partial charge in [-0.3, -0.25) is 9.36 Å². The Bertz CT molecular complexity index is 1490. The van der Waals surface area contributed by atoms with Crippen LogP contribution in [0.4, 0.5) is 5.95 Å². The van der Waals surface area contributed by atoms with Crippen LogP contribution in [0.5, 0.6) is 5.75 Å².